The van der Waals surface area contributed by atoms with E-state index in [9.17, 15) is 18.0 Å². The van der Waals surface area contributed by atoms with Gasteiger partial charge < -0.3 is 9.64 Å². The largest absolute Gasteiger partial charge is 0.444 e. The van der Waals surface area contributed by atoms with Gasteiger partial charge in [0.2, 0.25) is 5.91 Å². The van der Waals surface area contributed by atoms with Crippen molar-refractivity contribution in [2.45, 2.75) is 39.3 Å². The summed E-state index contributed by atoms with van der Waals surface area (Å²) in [4.78, 5) is 27.9. The van der Waals surface area contributed by atoms with E-state index < -0.39 is 27.6 Å². The number of hydrogen-bond acceptors (Lipinski definition) is 5. The molecule has 0 N–H and O–H groups in total. The van der Waals surface area contributed by atoms with Crippen LogP contribution in [0.25, 0.3) is 0 Å². The van der Waals surface area contributed by atoms with E-state index in [4.69, 9.17) is 16.3 Å². The molecule has 150 valence electrons. The van der Waals surface area contributed by atoms with Crippen LogP contribution in [0.5, 0.6) is 0 Å². The highest BCUT2D eigenvalue weighted by atomic mass is 35.5. The third-order valence-corrected chi connectivity index (χ3v) is 6.08. The van der Waals surface area contributed by atoms with Crippen LogP contribution < -0.4 is 4.90 Å². The van der Waals surface area contributed by atoms with Crippen molar-refractivity contribution in [2.75, 3.05) is 29.5 Å². The Kier molecular flexibility index (Phi) is 6.42. The molecule has 1 aliphatic heterocycles. The quantitative estimate of drug-likeness (QED) is 0.753. The maximum Gasteiger partial charge on any atom is 0.411 e. The van der Waals surface area contributed by atoms with Crippen LogP contribution in [0.2, 0.25) is 5.02 Å². The molecule has 1 saturated heterocycles. The molecule has 9 heteroatoms. The van der Waals surface area contributed by atoms with E-state index >= 15 is 0 Å². The number of sulfone groups is 1. The van der Waals surface area contributed by atoms with Crippen LogP contribution in [-0.2, 0) is 19.4 Å². The molecule has 1 fully saturated rings. The van der Waals surface area contributed by atoms with E-state index in [0.29, 0.717) is 10.7 Å². The predicted molar refractivity (Wildman–Crippen MR) is 105 cm³/mol. The molecule has 0 radical (unpaired) electrons. The van der Waals surface area contributed by atoms with Crippen LogP contribution in [0.3, 0.4) is 0 Å². The molecule has 1 heterocycles. The van der Waals surface area contributed by atoms with Crippen molar-refractivity contribution in [3.8, 4) is 0 Å². The Bertz CT molecular complexity index is 819. The Labute approximate surface area is 165 Å². The number of amides is 2. The summed E-state index contributed by atoms with van der Waals surface area (Å²) in [6, 6.07) is 6.04. The van der Waals surface area contributed by atoms with E-state index in [1.807, 2.05) is 0 Å². The van der Waals surface area contributed by atoms with Crippen LogP contribution in [0, 0.1) is 0 Å². The molecule has 1 unspecified atom stereocenters. The van der Waals surface area contributed by atoms with Gasteiger partial charge >= 0.3 is 6.09 Å². The third-order valence-electron chi connectivity index (χ3n) is 4.07. The molecule has 1 atom stereocenters. The zero-order chi connectivity index (χ0) is 20.4. The molecule has 0 aliphatic carbocycles. The van der Waals surface area contributed by atoms with Crippen molar-refractivity contribution < 1.29 is 22.7 Å². The summed E-state index contributed by atoms with van der Waals surface area (Å²) < 4.78 is 29.8. The van der Waals surface area contributed by atoms with Gasteiger partial charge in [-0.25, -0.2) is 13.2 Å². The van der Waals surface area contributed by atoms with Gasteiger partial charge in [-0.1, -0.05) is 24.6 Å². The van der Waals surface area contributed by atoms with Gasteiger partial charge in [-0.15, -0.1) is 0 Å². The van der Waals surface area contributed by atoms with Crippen molar-refractivity contribution in [3.63, 3.8) is 0 Å². The lowest BCUT2D eigenvalue weighted by molar-refractivity contribution is -0.122. The number of benzene rings is 1. The first-order valence-electron chi connectivity index (χ1n) is 8.68. The second kappa shape index (κ2) is 8.06. The van der Waals surface area contributed by atoms with Crippen molar-refractivity contribution in [3.05, 3.63) is 29.3 Å². The number of ether oxygens (including phenoxy) is 1. The number of halogens is 1. The van der Waals surface area contributed by atoms with Crippen molar-refractivity contribution in [1.82, 2.24) is 4.90 Å². The highest BCUT2D eigenvalue weighted by Gasteiger charge is 2.39. The molecule has 1 aromatic rings. The van der Waals surface area contributed by atoms with E-state index in [1.165, 1.54) is 9.80 Å². The SMILES string of the molecule is CCS(=O)(=O)CC1CN(c2cccc(Cl)c2)C(=O)CN1C(=O)OC(C)(C)C. The first-order chi connectivity index (χ1) is 12.4. The minimum Gasteiger partial charge on any atom is -0.444 e. The number of hydrogen-bond donors (Lipinski definition) is 0. The van der Waals surface area contributed by atoms with Crippen molar-refractivity contribution in [2.24, 2.45) is 0 Å². The number of rotatable bonds is 4. The van der Waals surface area contributed by atoms with Crippen LogP contribution in [0.1, 0.15) is 27.7 Å². The lowest BCUT2D eigenvalue weighted by Gasteiger charge is -2.41. The Morgan fingerprint density at radius 3 is 2.56 bits per heavy atom. The monoisotopic (exact) mass is 416 g/mol. The summed E-state index contributed by atoms with van der Waals surface area (Å²) in [5, 5.41) is 0.465. The van der Waals surface area contributed by atoms with Gasteiger partial charge in [-0.2, -0.15) is 0 Å². The predicted octanol–water partition coefficient (Wildman–Crippen LogP) is 2.73. The second-order valence-corrected chi connectivity index (χ2v) is 10.3. The normalized spacial score (nSPS) is 18.6. The molecular formula is C18H25ClN2O5S. The molecule has 2 rings (SSSR count). The van der Waals surface area contributed by atoms with E-state index in [2.05, 4.69) is 0 Å². The number of nitrogens with zero attached hydrogens (tertiary/aromatic N) is 2. The Hall–Kier alpha value is -1.80. The van der Waals surface area contributed by atoms with E-state index in [0.717, 1.165) is 0 Å². The number of anilines is 1. The standard InChI is InChI=1S/C18H25ClN2O5S/c1-5-27(24,25)12-15-10-20(14-8-6-7-13(19)9-14)16(22)11-21(15)17(23)26-18(2,3)4/h6-9,15H,5,10-12H2,1-4H3. The molecule has 0 spiro atoms. The van der Waals surface area contributed by atoms with Crippen molar-refractivity contribution in [1.29, 1.82) is 0 Å². The van der Waals surface area contributed by atoms with Gasteiger partial charge in [0.05, 0.1) is 11.8 Å². The molecule has 2 amide bonds. The van der Waals surface area contributed by atoms with Crippen molar-refractivity contribution >= 4 is 39.1 Å². The Balaban J connectivity index is 2.33. The Morgan fingerprint density at radius 1 is 1.33 bits per heavy atom. The second-order valence-electron chi connectivity index (χ2n) is 7.45. The fourth-order valence-corrected chi connectivity index (χ4v) is 4.04. The molecule has 27 heavy (non-hydrogen) atoms. The molecule has 7 nitrogen and oxygen atoms in total. The van der Waals surface area contributed by atoms with Gasteiger partial charge in [0.1, 0.15) is 12.1 Å². The van der Waals surface area contributed by atoms with Gasteiger partial charge in [0, 0.05) is 23.0 Å². The number of carbonyl (C=O) groups is 2. The van der Waals surface area contributed by atoms with Crippen LogP contribution in [-0.4, -0.2) is 61.6 Å². The van der Waals surface area contributed by atoms with Gasteiger partial charge in [-0.3, -0.25) is 9.69 Å². The first kappa shape index (κ1) is 21.5. The van der Waals surface area contributed by atoms with Crippen LogP contribution >= 0.6 is 11.6 Å². The lowest BCUT2D eigenvalue weighted by atomic mass is 10.1. The average molecular weight is 417 g/mol. The summed E-state index contributed by atoms with van der Waals surface area (Å²) in [6.45, 7) is 6.49. The van der Waals surface area contributed by atoms with Gasteiger partial charge in [0.15, 0.2) is 9.84 Å². The van der Waals surface area contributed by atoms with Gasteiger partial charge in [0.25, 0.3) is 0 Å². The summed E-state index contributed by atoms with van der Waals surface area (Å²) in [6.07, 6.45) is -0.696. The zero-order valence-electron chi connectivity index (χ0n) is 15.9. The zero-order valence-corrected chi connectivity index (χ0v) is 17.5. The first-order valence-corrected chi connectivity index (χ1v) is 10.9. The highest BCUT2D eigenvalue weighted by molar-refractivity contribution is 7.91. The van der Waals surface area contributed by atoms with E-state index in [-0.39, 0.29) is 30.5 Å². The Morgan fingerprint density at radius 2 is 2.00 bits per heavy atom. The average Bonchev–Trinajstić information content (AvgIpc) is 2.54. The van der Waals surface area contributed by atoms with Crippen LogP contribution in [0.15, 0.2) is 24.3 Å². The molecule has 0 aromatic heterocycles. The summed E-state index contributed by atoms with van der Waals surface area (Å²) in [5.41, 5.74) is -0.187. The molecule has 0 bridgehead atoms. The van der Waals surface area contributed by atoms with Crippen LogP contribution in [0.4, 0.5) is 10.5 Å². The summed E-state index contributed by atoms with van der Waals surface area (Å²) >= 11 is 6.01. The molecule has 1 aromatic carbocycles. The third kappa shape index (κ3) is 5.84. The van der Waals surface area contributed by atoms with E-state index in [1.54, 1.807) is 52.0 Å². The topological polar surface area (TPSA) is 84.0 Å². The lowest BCUT2D eigenvalue weighted by Crippen LogP contribution is -2.60. The van der Waals surface area contributed by atoms with Gasteiger partial charge in [-0.05, 0) is 39.0 Å². The summed E-state index contributed by atoms with van der Waals surface area (Å²) in [7, 11) is -3.37. The minimum atomic E-state index is -3.37. The molecular weight excluding hydrogens is 392 g/mol. The highest BCUT2D eigenvalue weighted by Crippen LogP contribution is 2.25. The smallest absolute Gasteiger partial charge is 0.411 e. The molecule has 1 aliphatic rings. The minimum absolute atomic E-state index is 0.0449. The maximum atomic E-state index is 12.7. The number of carbonyl (C=O) groups excluding carboxylic acids is 2. The fraction of sp³-hybridized carbons (Fsp3) is 0.556. The number of piperazine rings is 1. The summed E-state index contributed by atoms with van der Waals surface area (Å²) in [5.74, 6) is -0.614. The molecule has 0 saturated carbocycles. The fourth-order valence-electron chi connectivity index (χ4n) is 2.75. The maximum absolute atomic E-state index is 12.7.